The van der Waals surface area contributed by atoms with E-state index in [2.05, 4.69) is 15.4 Å². The Kier molecular flexibility index (Phi) is 5.88. The molecular weight excluding hydrogens is 389 g/mol. The highest BCUT2D eigenvalue weighted by atomic mass is 35.5. The number of hydrogen-bond acceptors (Lipinski definition) is 5. The number of carbonyl (C=O) groups excluding carboxylic acids is 1. The molecule has 0 radical (unpaired) electrons. The molecule has 1 aliphatic heterocycles. The Labute approximate surface area is 166 Å². The van der Waals surface area contributed by atoms with Crippen molar-refractivity contribution >= 4 is 29.7 Å². The van der Waals surface area contributed by atoms with Gasteiger partial charge >= 0.3 is 0 Å². The molecule has 1 aliphatic rings. The number of nitrogens with zero attached hydrogens (tertiary/aromatic N) is 4. The Hall–Kier alpha value is -2.29. The second-order valence-electron chi connectivity index (χ2n) is 6.18. The first-order valence-corrected chi connectivity index (χ1v) is 9.30. The molecule has 0 unspecified atom stereocenters. The van der Waals surface area contributed by atoms with E-state index in [1.807, 2.05) is 24.4 Å². The molecule has 2 aromatic heterocycles. The molecule has 3 heterocycles. The number of carbonyl (C=O) groups is 1. The van der Waals surface area contributed by atoms with Crippen molar-refractivity contribution in [1.82, 2.24) is 25.0 Å². The number of piperazine rings is 1. The lowest BCUT2D eigenvalue weighted by atomic mass is 10.2. The van der Waals surface area contributed by atoms with Crippen LogP contribution in [0.1, 0.15) is 17.5 Å². The summed E-state index contributed by atoms with van der Waals surface area (Å²) in [7, 11) is 0. The molecule has 0 bridgehead atoms. The highest BCUT2D eigenvalue weighted by Crippen LogP contribution is 2.26. The molecule has 1 amide bonds. The van der Waals surface area contributed by atoms with E-state index in [0.29, 0.717) is 18.1 Å². The molecule has 1 aromatic carbocycles. The maximum Gasteiger partial charge on any atom is 0.293 e. The van der Waals surface area contributed by atoms with Crippen molar-refractivity contribution in [2.75, 3.05) is 19.6 Å². The predicted octanol–water partition coefficient (Wildman–Crippen LogP) is 2.99. The third kappa shape index (κ3) is 3.87. The van der Waals surface area contributed by atoms with Crippen LogP contribution in [0.25, 0.3) is 16.4 Å². The van der Waals surface area contributed by atoms with Gasteiger partial charge in [0, 0.05) is 25.7 Å². The predicted molar refractivity (Wildman–Crippen MR) is 105 cm³/mol. The van der Waals surface area contributed by atoms with Gasteiger partial charge in [0.25, 0.3) is 5.91 Å². The molecule has 1 fully saturated rings. The second-order valence-corrected chi connectivity index (χ2v) is 7.12. The van der Waals surface area contributed by atoms with Crippen molar-refractivity contribution in [3.05, 3.63) is 53.4 Å². The Bertz CT molecular complexity index is 912. The van der Waals surface area contributed by atoms with Crippen molar-refractivity contribution in [1.29, 1.82) is 0 Å². The van der Waals surface area contributed by atoms with Crippen LogP contribution in [0.5, 0.6) is 0 Å². The van der Waals surface area contributed by atoms with Gasteiger partial charge in [0.05, 0.1) is 10.6 Å². The van der Waals surface area contributed by atoms with Crippen molar-refractivity contribution in [2.45, 2.75) is 13.0 Å². The zero-order chi connectivity index (χ0) is 18.1. The van der Waals surface area contributed by atoms with E-state index in [-0.39, 0.29) is 36.0 Å². The molecule has 1 N–H and O–H groups in total. The topological polar surface area (TPSA) is 63.1 Å². The number of thiophene rings is 1. The van der Waals surface area contributed by atoms with Crippen LogP contribution < -0.4 is 5.32 Å². The van der Waals surface area contributed by atoms with Gasteiger partial charge in [-0.1, -0.05) is 6.07 Å². The van der Waals surface area contributed by atoms with Gasteiger partial charge in [-0.05, 0) is 42.6 Å². The number of benzene rings is 1. The lowest BCUT2D eigenvalue weighted by molar-refractivity contribution is 0.0643. The third-order valence-electron chi connectivity index (χ3n) is 4.37. The third-order valence-corrected chi connectivity index (χ3v) is 5.24. The van der Waals surface area contributed by atoms with Gasteiger partial charge < -0.3 is 10.2 Å². The first-order chi connectivity index (χ1) is 12.6. The Morgan fingerprint density at radius 1 is 1.30 bits per heavy atom. The molecule has 6 nitrogen and oxygen atoms in total. The van der Waals surface area contributed by atoms with Crippen LogP contribution in [0, 0.1) is 5.82 Å². The summed E-state index contributed by atoms with van der Waals surface area (Å²) < 4.78 is 14.9. The van der Waals surface area contributed by atoms with E-state index >= 15 is 0 Å². The monoisotopic (exact) mass is 407 g/mol. The Morgan fingerprint density at radius 2 is 2.07 bits per heavy atom. The largest absolute Gasteiger partial charge is 0.331 e. The SMILES string of the molecule is C[C@H]1CNCCN1C(=O)c1nc(-c2cccs2)n(-c2ccc(F)cc2)n1.Cl. The highest BCUT2D eigenvalue weighted by molar-refractivity contribution is 7.13. The number of nitrogens with one attached hydrogen (secondary N) is 1. The number of halogens is 2. The van der Waals surface area contributed by atoms with Crippen LogP contribution >= 0.6 is 23.7 Å². The van der Waals surface area contributed by atoms with Gasteiger partial charge in [-0.3, -0.25) is 4.79 Å². The summed E-state index contributed by atoms with van der Waals surface area (Å²) in [6.07, 6.45) is 0. The summed E-state index contributed by atoms with van der Waals surface area (Å²) in [6.45, 7) is 4.13. The summed E-state index contributed by atoms with van der Waals surface area (Å²) in [5, 5.41) is 9.66. The van der Waals surface area contributed by atoms with E-state index in [1.54, 1.807) is 21.7 Å². The van der Waals surface area contributed by atoms with Crippen LogP contribution in [0.4, 0.5) is 4.39 Å². The lowest BCUT2D eigenvalue weighted by Crippen LogP contribution is -2.52. The standard InChI is InChI=1S/C18H18FN5OS.ClH/c1-12-11-20-8-9-23(12)18(25)16-21-17(15-3-2-10-26-15)24(22-16)14-6-4-13(19)5-7-14;/h2-7,10,12,20H,8-9,11H2,1H3;1H/t12-;/m0./s1. The minimum Gasteiger partial charge on any atom is -0.331 e. The smallest absolute Gasteiger partial charge is 0.293 e. The molecule has 0 spiro atoms. The molecule has 27 heavy (non-hydrogen) atoms. The maximum absolute atomic E-state index is 13.3. The van der Waals surface area contributed by atoms with E-state index in [1.165, 1.54) is 23.5 Å². The lowest BCUT2D eigenvalue weighted by Gasteiger charge is -2.33. The molecule has 0 aliphatic carbocycles. The van der Waals surface area contributed by atoms with Gasteiger partial charge in [-0.15, -0.1) is 28.8 Å². The van der Waals surface area contributed by atoms with Gasteiger partial charge in [0.15, 0.2) is 5.82 Å². The molecule has 4 rings (SSSR count). The second kappa shape index (κ2) is 8.16. The van der Waals surface area contributed by atoms with Gasteiger partial charge in [-0.2, -0.15) is 0 Å². The van der Waals surface area contributed by atoms with Crippen LogP contribution in [-0.2, 0) is 0 Å². The van der Waals surface area contributed by atoms with Crippen molar-refractivity contribution < 1.29 is 9.18 Å². The van der Waals surface area contributed by atoms with Crippen molar-refractivity contribution in [3.63, 3.8) is 0 Å². The maximum atomic E-state index is 13.3. The Morgan fingerprint density at radius 3 is 2.74 bits per heavy atom. The average Bonchev–Trinajstić information content (AvgIpc) is 3.32. The van der Waals surface area contributed by atoms with E-state index in [4.69, 9.17) is 0 Å². The zero-order valence-corrected chi connectivity index (χ0v) is 16.3. The highest BCUT2D eigenvalue weighted by Gasteiger charge is 2.28. The fourth-order valence-electron chi connectivity index (χ4n) is 3.00. The summed E-state index contributed by atoms with van der Waals surface area (Å²) in [6, 6.07) is 9.93. The molecule has 142 valence electrons. The van der Waals surface area contributed by atoms with Crippen molar-refractivity contribution in [2.24, 2.45) is 0 Å². The van der Waals surface area contributed by atoms with Crippen LogP contribution in [0.2, 0.25) is 0 Å². The number of hydrogen-bond donors (Lipinski definition) is 1. The first kappa shape index (κ1) is 19.5. The quantitative estimate of drug-likeness (QED) is 0.725. The minimum absolute atomic E-state index is 0. The number of amides is 1. The fourth-order valence-corrected chi connectivity index (χ4v) is 3.70. The van der Waals surface area contributed by atoms with E-state index < -0.39 is 0 Å². The van der Waals surface area contributed by atoms with Crippen LogP contribution in [0.15, 0.2) is 41.8 Å². The summed E-state index contributed by atoms with van der Waals surface area (Å²) in [5.74, 6) is 0.236. The average molecular weight is 408 g/mol. The molecule has 1 atom stereocenters. The summed E-state index contributed by atoms with van der Waals surface area (Å²) >= 11 is 1.52. The normalized spacial score (nSPS) is 16.8. The molecule has 3 aromatic rings. The van der Waals surface area contributed by atoms with Crippen LogP contribution in [0.3, 0.4) is 0 Å². The van der Waals surface area contributed by atoms with Gasteiger partial charge in [-0.25, -0.2) is 14.1 Å². The van der Waals surface area contributed by atoms with Crippen LogP contribution in [-0.4, -0.2) is 51.2 Å². The Balaban J connectivity index is 0.00000210. The molecule has 1 saturated heterocycles. The van der Waals surface area contributed by atoms with Crippen molar-refractivity contribution in [3.8, 4) is 16.4 Å². The van der Waals surface area contributed by atoms with E-state index in [9.17, 15) is 9.18 Å². The van der Waals surface area contributed by atoms with Gasteiger partial charge in [0.2, 0.25) is 5.82 Å². The minimum atomic E-state index is -0.322. The summed E-state index contributed by atoms with van der Waals surface area (Å²) in [5.41, 5.74) is 0.662. The molecule has 0 saturated carbocycles. The first-order valence-electron chi connectivity index (χ1n) is 8.42. The van der Waals surface area contributed by atoms with Gasteiger partial charge in [0.1, 0.15) is 5.82 Å². The van der Waals surface area contributed by atoms with E-state index in [0.717, 1.165) is 18.0 Å². The number of rotatable bonds is 3. The molecular formula is C18H19ClFN5OS. The molecule has 9 heteroatoms. The number of aromatic nitrogens is 3. The zero-order valence-electron chi connectivity index (χ0n) is 14.6. The summed E-state index contributed by atoms with van der Waals surface area (Å²) in [4.78, 5) is 20.1. The fraction of sp³-hybridized carbons (Fsp3) is 0.278.